The van der Waals surface area contributed by atoms with Crippen molar-refractivity contribution in [2.45, 2.75) is 56.9 Å². The van der Waals surface area contributed by atoms with Gasteiger partial charge in [0, 0.05) is 5.33 Å². The van der Waals surface area contributed by atoms with Crippen LogP contribution in [0.5, 0.6) is 11.5 Å². The lowest BCUT2D eigenvalue weighted by Gasteiger charge is -2.19. The first-order valence-electron chi connectivity index (χ1n) is 7.32. The van der Waals surface area contributed by atoms with Crippen molar-refractivity contribution in [2.75, 3.05) is 6.61 Å². The standard InChI is InChI=1S/C16H23BrO2/c1-2-18-16-11-13(12-17)9-10-15(16)19-14-7-5-3-4-6-8-14/h9-11,14H,2-8,12H2,1H3. The smallest absolute Gasteiger partial charge is 0.161 e. The van der Waals surface area contributed by atoms with Gasteiger partial charge >= 0.3 is 0 Å². The number of hydrogen-bond acceptors (Lipinski definition) is 2. The number of ether oxygens (including phenoxy) is 2. The van der Waals surface area contributed by atoms with Gasteiger partial charge in [0.05, 0.1) is 12.7 Å². The molecule has 2 rings (SSSR count). The molecule has 106 valence electrons. The van der Waals surface area contributed by atoms with Gasteiger partial charge in [0.25, 0.3) is 0 Å². The van der Waals surface area contributed by atoms with Crippen molar-refractivity contribution in [1.29, 1.82) is 0 Å². The van der Waals surface area contributed by atoms with Gasteiger partial charge in [-0.15, -0.1) is 0 Å². The van der Waals surface area contributed by atoms with E-state index in [1.54, 1.807) is 0 Å². The number of hydrogen-bond donors (Lipinski definition) is 0. The average Bonchev–Trinajstić information content (AvgIpc) is 2.69. The molecule has 0 aliphatic heterocycles. The van der Waals surface area contributed by atoms with E-state index in [0.717, 1.165) is 16.8 Å². The summed E-state index contributed by atoms with van der Waals surface area (Å²) in [4.78, 5) is 0. The largest absolute Gasteiger partial charge is 0.490 e. The molecular weight excluding hydrogens is 304 g/mol. The molecule has 3 heteroatoms. The number of alkyl halides is 1. The highest BCUT2D eigenvalue weighted by Crippen LogP contribution is 2.32. The summed E-state index contributed by atoms with van der Waals surface area (Å²) in [5, 5.41) is 0.844. The molecule has 0 saturated heterocycles. The van der Waals surface area contributed by atoms with Gasteiger partial charge < -0.3 is 9.47 Å². The van der Waals surface area contributed by atoms with E-state index >= 15 is 0 Å². The second-order valence-corrected chi connectivity index (χ2v) is 5.64. The molecule has 1 aromatic rings. The predicted octanol–water partition coefficient (Wildman–Crippen LogP) is 5.08. The summed E-state index contributed by atoms with van der Waals surface area (Å²) < 4.78 is 11.9. The fraction of sp³-hybridized carbons (Fsp3) is 0.625. The van der Waals surface area contributed by atoms with Crippen molar-refractivity contribution in [1.82, 2.24) is 0 Å². The molecule has 1 saturated carbocycles. The molecule has 1 aliphatic carbocycles. The molecule has 2 nitrogen and oxygen atoms in total. The topological polar surface area (TPSA) is 18.5 Å². The summed E-state index contributed by atoms with van der Waals surface area (Å²) in [6.07, 6.45) is 7.97. The monoisotopic (exact) mass is 326 g/mol. The van der Waals surface area contributed by atoms with E-state index < -0.39 is 0 Å². The lowest BCUT2D eigenvalue weighted by molar-refractivity contribution is 0.173. The fourth-order valence-electron chi connectivity index (χ4n) is 2.54. The van der Waals surface area contributed by atoms with E-state index in [4.69, 9.17) is 9.47 Å². The predicted molar refractivity (Wildman–Crippen MR) is 82.4 cm³/mol. The van der Waals surface area contributed by atoms with Crippen LogP contribution in [0.3, 0.4) is 0 Å². The maximum Gasteiger partial charge on any atom is 0.161 e. The Morgan fingerprint density at radius 3 is 2.47 bits per heavy atom. The molecule has 0 aromatic heterocycles. The minimum absolute atomic E-state index is 0.358. The summed E-state index contributed by atoms with van der Waals surface area (Å²) in [6, 6.07) is 6.22. The van der Waals surface area contributed by atoms with Gasteiger partial charge in [-0.05, 0) is 50.3 Å². The molecule has 0 unspecified atom stereocenters. The number of halogens is 1. The van der Waals surface area contributed by atoms with Crippen LogP contribution in [0.2, 0.25) is 0 Å². The zero-order chi connectivity index (χ0) is 13.5. The Morgan fingerprint density at radius 2 is 1.84 bits per heavy atom. The Morgan fingerprint density at radius 1 is 1.11 bits per heavy atom. The summed E-state index contributed by atoms with van der Waals surface area (Å²) in [5.74, 6) is 1.78. The molecule has 0 spiro atoms. The Balaban J connectivity index is 2.08. The second kappa shape index (κ2) is 7.78. The van der Waals surface area contributed by atoms with Crippen LogP contribution in [0.15, 0.2) is 18.2 Å². The normalized spacial score (nSPS) is 16.9. The minimum Gasteiger partial charge on any atom is -0.490 e. The molecule has 0 N–H and O–H groups in total. The Labute approximate surface area is 124 Å². The van der Waals surface area contributed by atoms with Gasteiger partial charge in [-0.3, -0.25) is 0 Å². The Bertz CT molecular complexity index is 384. The summed E-state index contributed by atoms with van der Waals surface area (Å²) in [5.41, 5.74) is 1.22. The lowest BCUT2D eigenvalue weighted by atomic mass is 10.1. The average molecular weight is 327 g/mol. The van der Waals surface area contributed by atoms with E-state index in [2.05, 4.69) is 28.1 Å². The van der Waals surface area contributed by atoms with Crippen LogP contribution < -0.4 is 9.47 Å². The molecule has 0 atom stereocenters. The molecule has 19 heavy (non-hydrogen) atoms. The highest BCUT2D eigenvalue weighted by atomic mass is 79.9. The van der Waals surface area contributed by atoms with E-state index in [1.807, 2.05) is 13.0 Å². The minimum atomic E-state index is 0.358. The quantitative estimate of drug-likeness (QED) is 0.554. The lowest BCUT2D eigenvalue weighted by Crippen LogP contribution is -2.15. The maximum absolute atomic E-state index is 6.18. The summed E-state index contributed by atoms with van der Waals surface area (Å²) >= 11 is 3.48. The van der Waals surface area contributed by atoms with Crippen LogP contribution in [0.25, 0.3) is 0 Å². The molecule has 0 amide bonds. The van der Waals surface area contributed by atoms with Gasteiger partial charge in [0.15, 0.2) is 11.5 Å². The van der Waals surface area contributed by atoms with Gasteiger partial charge in [-0.2, -0.15) is 0 Å². The van der Waals surface area contributed by atoms with Crippen LogP contribution in [-0.4, -0.2) is 12.7 Å². The van der Waals surface area contributed by atoms with Crippen LogP contribution in [0.1, 0.15) is 51.0 Å². The third-order valence-electron chi connectivity index (χ3n) is 3.56. The Kier molecular flexibility index (Phi) is 6.02. The number of rotatable bonds is 5. The highest BCUT2D eigenvalue weighted by molar-refractivity contribution is 9.08. The van der Waals surface area contributed by atoms with Gasteiger partial charge in [0.1, 0.15) is 0 Å². The van der Waals surface area contributed by atoms with Crippen LogP contribution in [-0.2, 0) is 5.33 Å². The first-order valence-corrected chi connectivity index (χ1v) is 8.44. The highest BCUT2D eigenvalue weighted by Gasteiger charge is 2.16. The van der Waals surface area contributed by atoms with Crippen molar-refractivity contribution in [3.63, 3.8) is 0 Å². The molecule has 0 bridgehead atoms. The zero-order valence-electron chi connectivity index (χ0n) is 11.7. The van der Waals surface area contributed by atoms with Crippen molar-refractivity contribution < 1.29 is 9.47 Å². The molecule has 0 radical (unpaired) electrons. The van der Waals surface area contributed by atoms with Crippen LogP contribution in [0.4, 0.5) is 0 Å². The zero-order valence-corrected chi connectivity index (χ0v) is 13.2. The third-order valence-corrected chi connectivity index (χ3v) is 4.21. The van der Waals surface area contributed by atoms with Gasteiger partial charge in [-0.1, -0.05) is 34.8 Å². The maximum atomic E-state index is 6.18. The van der Waals surface area contributed by atoms with Crippen molar-refractivity contribution in [3.05, 3.63) is 23.8 Å². The van der Waals surface area contributed by atoms with E-state index in [1.165, 1.54) is 44.1 Å². The van der Waals surface area contributed by atoms with Crippen molar-refractivity contribution in [2.24, 2.45) is 0 Å². The molecule has 0 heterocycles. The third kappa shape index (κ3) is 4.41. The van der Waals surface area contributed by atoms with Crippen molar-refractivity contribution >= 4 is 15.9 Å². The molecule has 1 aliphatic rings. The fourth-order valence-corrected chi connectivity index (χ4v) is 2.89. The van der Waals surface area contributed by atoms with E-state index in [9.17, 15) is 0 Å². The van der Waals surface area contributed by atoms with Crippen LogP contribution >= 0.6 is 15.9 Å². The summed E-state index contributed by atoms with van der Waals surface area (Å²) in [7, 11) is 0. The number of benzene rings is 1. The second-order valence-electron chi connectivity index (χ2n) is 5.08. The Hall–Kier alpha value is -0.700. The van der Waals surface area contributed by atoms with Crippen molar-refractivity contribution in [3.8, 4) is 11.5 Å². The van der Waals surface area contributed by atoms with Gasteiger partial charge in [0.2, 0.25) is 0 Å². The first-order chi connectivity index (χ1) is 9.33. The molecule has 1 fully saturated rings. The van der Waals surface area contributed by atoms with Gasteiger partial charge in [-0.25, -0.2) is 0 Å². The SMILES string of the molecule is CCOc1cc(CBr)ccc1OC1CCCCCC1. The molecule has 1 aromatic carbocycles. The van der Waals surface area contributed by atoms with E-state index in [0.29, 0.717) is 12.7 Å². The summed E-state index contributed by atoms with van der Waals surface area (Å²) in [6.45, 7) is 2.68. The molecular formula is C16H23BrO2. The first kappa shape index (κ1) is 14.7. The van der Waals surface area contributed by atoms with Crippen LogP contribution in [0, 0.1) is 0 Å². The van der Waals surface area contributed by atoms with E-state index in [-0.39, 0.29) is 0 Å².